The molecule has 3 aromatic rings. The van der Waals surface area contributed by atoms with Crippen LogP contribution in [0.5, 0.6) is 0 Å². The summed E-state index contributed by atoms with van der Waals surface area (Å²) in [5.41, 5.74) is -0.676. The summed E-state index contributed by atoms with van der Waals surface area (Å²) >= 11 is 0. The molecule has 2 aliphatic heterocycles. The fourth-order valence-electron chi connectivity index (χ4n) is 4.59. The molecule has 2 saturated heterocycles. The maximum atomic E-state index is 13.1. The van der Waals surface area contributed by atoms with E-state index in [0.29, 0.717) is 49.0 Å². The molecule has 0 unspecified atom stereocenters. The van der Waals surface area contributed by atoms with Gasteiger partial charge in [0.05, 0.1) is 6.20 Å². The van der Waals surface area contributed by atoms with Crippen LogP contribution in [0.15, 0.2) is 17.1 Å². The zero-order chi connectivity index (χ0) is 22.0. The molecular weight excluding hydrogens is 413 g/mol. The van der Waals surface area contributed by atoms with Crippen LogP contribution in [-0.2, 0) is 12.7 Å². The molecule has 0 amide bonds. The molecule has 164 valence electrons. The number of nitrogens with one attached hydrogen (secondary N) is 1. The highest BCUT2D eigenvalue weighted by atomic mass is 19.4. The highest BCUT2D eigenvalue weighted by Gasteiger charge is 2.49. The standard InChI is InChI=1S/C19H21F3N8O/c1-3-30-16(31)12-7-23-27-15(12)26-17(30)28-5-4-18(8-28)9-29(10-18)14-6-13(19(20,21)22)24-11(2)25-14/h6-7H,3-5,8-10H2,1-2H3,(H,23,27). The zero-order valence-corrected chi connectivity index (χ0v) is 17.1. The first-order valence-electron chi connectivity index (χ1n) is 10.1. The lowest BCUT2D eigenvalue weighted by Gasteiger charge is -2.48. The number of aromatic amines is 1. The second-order valence-electron chi connectivity index (χ2n) is 8.28. The van der Waals surface area contributed by atoms with Crippen molar-refractivity contribution in [2.45, 2.75) is 33.0 Å². The quantitative estimate of drug-likeness (QED) is 0.673. The minimum atomic E-state index is -4.50. The highest BCUT2D eigenvalue weighted by Crippen LogP contribution is 2.43. The second kappa shape index (κ2) is 6.66. The first-order valence-corrected chi connectivity index (χ1v) is 10.1. The zero-order valence-electron chi connectivity index (χ0n) is 17.1. The van der Waals surface area contributed by atoms with Crippen molar-refractivity contribution in [2.75, 3.05) is 36.0 Å². The number of aryl methyl sites for hydroxylation is 1. The Morgan fingerprint density at radius 2 is 1.90 bits per heavy atom. The highest BCUT2D eigenvalue weighted by molar-refractivity contribution is 5.74. The average Bonchev–Trinajstić information content (AvgIpc) is 3.33. The summed E-state index contributed by atoms with van der Waals surface area (Å²) < 4.78 is 40.9. The number of alkyl halides is 3. The van der Waals surface area contributed by atoms with E-state index in [0.717, 1.165) is 19.0 Å². The monoisotopic (exact) mass is 434 g/mol. The van der Waals surface area contributed by atoms with Gasteiger partial charge in [-0.05, 0) is 20.3 Å². The van der Waals surface area contributed by atoms with E-state index in [1.165, 1.54) is 13.1 Å². The number of H-pyrrole nitrogens is 1. The minimum absolute atomic E-state index is 0.0729. The predicted molar refractivity (Wildman–Crippen MR) is 107 cm³/mol. The molecule has 0 radical (unpaired) electrons. The van der Waals surface area contributed by atoms with E-state index in [1.807, 2.05) is 11.8 Å². The van der Waals surface area contributed by atoms with Crippen LogP contribution >= 0.6 is 0 Å². The lowest BCUT2D eigenvalue weighted by molar-refractivity contribution is -0.141. The topological polar surface area (TPSA) is 95.8 Å². The molecule has 31 heavy (non-hydrogen) atoms. The number of rotatable bonds is 3. The van der Waals surface area contributed by atoms with E-state index in [9.17, 15) is 18.0 Å². The van der Waals surface area contributed by atoms with E-state index in [4.69, 9.17) is 0 Å². The van der Waals surface area contributed by atoms with Gasteiger partial charge in [0.2, 0.25) is 5.95 Å². The van der Waals surface area contributed by atoms with Crippen LogP contribution in [0.1, 0.15) is 24.9 Å². The van der Waals surface area contributed by atoms with Crippen molar-refractivity contribution in [3.05, 3.63) is 34.1 Å². The summed E-state index contributed by atoms with van der Waals surface area (Å²) in [5, 5.41) is 7.13. The number of fused-ring (bicyclic) bond motifs is 1. The first-order chi connectivity index (χ1) is 14.7. The molecule has 2 fully saturated rings. The van der Waals surface area contributed by atoms with Gasteiger partial charge in [0.1, 0.15) is 22.7 Å². The third-order valence-electron chi connectivity index (χ3n) is 6.08. The number of hydrogen-bond acceptors (Lipinski definition) is 7. The fraction of sp³-hybridized carbons (Fsp3) is 0.526. The smallest absolute Gasteiger partial charge is 0.355 e. The Hall–Kier alpha value is -3.18. The van der Waals surface area contributed by atoms with Crippen molar-refractivity contribution in [2.24, 2.45) is 5.41 Å². The molecule has 5 heterocycles. The fourth-order valence-corrected chi connectivity index (χ4v) is 4.59. The Bertz CT molecular complexity index is 1210. The second-order valence-corrected chi connectivity index (χ2v) is 8.28. The van der Waals surface area contributed by atoms with Crippen LogP contribution in [0.2, 0.25) is 0 Å². The van der Waals surface area contributed by atoms with Crippen LogP contribution in [0.3, 0.4) is 0 Å². The molecule has 9 nitrogen and oxygen atoms in total. The van der Waals surface area contributed by atoms with Gasteiger partial charge in [0.15, 0.2) is 5.65 Å². The van der Waals surface area contributed by atoms with Crippen molar-refractivity contribution in [3.8, 4) is 0 Å². The van der Waals surface area contributed by atoms with Crippen molar-refractivity contribution < 1.29 is 13.2 Å². The summed E-state index contributed by atoms with van der Waals surface area (Å²) in [7, 11) is 0. The summed E-state index contributed by atoms with van der Waals surface area (Å²) in [5.74, 6) is 0.992. The van der Waals surface area contributed by atoms with E-state index in [1.54, 1.807) is 4.57 Å². The molecule has 1 N–H and O–H groups in total. The molecule has 3 aromatic heterocycles. The molecule has 0 saturated carbocycles. The summed E-state index contributed by atoms with van der Waals surface area (Å²) in [6.07, 6.45) is -2.16. The van der Waals surface area contributed by atoms with Gasteiger partial charge in [-0.15, -0.1) is 0 Å². The van der Waals surface area contributed by atoms with Crippen molar-refractivity contribution in [1.29, 1.82) is 0 Å². The SMILES string of the molecule is CCn1c(N2CCC3(CN(c4cc(C(F)(F)F)nc(C)n4)C3)C2)nc2[nH]ncc2c1=O. The van der Waals surface area contributed by atoms with Gasteiger partial charge in [-0.25, -0.2) is 9.97 Å². The maximum absolute atomic E-state index is 13.1. The van der Waals surface area contributed by atoms with Crippen LogP contribution in [0.4, 0.5) is 24.9 Å². The van der Waals surface area contributed by atoms with Gasteiger partial charge >= 0.3 is 6.18 Å². The van der Waals surface area contributed by atoms with Gasteiger partial charge < -0.3 is 9.80 Å². The first kappa shape index (κ1) is 19.8. The number of hydrogen-bond donors (Lipinski definition) is 1. The average molecular weight is 434 g/mol. The van der Waals surface area contributed by atoms with Crippen LogP contribution in [-0.4, -0.2) is 55.9 Å². The molecule has 2 aliphatic rings. The number of halogens is 3. The lowest BCUT2D eigenvalue weighted by Crippen LogP contribution is -2.58. The summed E-state index contributed by atoms with van der Waals surface area (Å²) in [4.78, 5) is 29.0. The minimum Gasteiger partial charge on any atom is -0.355 e. The van der Waals surface area contributed by atoms with Crippen molar-refractivity contribution >= 4 is 22.8 Å². The number of nitrogens with zero attached hydrogens (tertiary/aromatic N) is 7. The Balaban J connectivity index is 1.37. The van der Waals surface area contributed by atoms with Gasteiger partial charge in [0.25, 0.3) is 5.56 Å². The molecule has 12 heteroatoms. The van der Waals surface area contributed by atoms with E-state index in [2.05, 4.69) is 30.0 Å². The molecule has 5 rings (SSSR count). The van der Waals surface area contributed by atoms with Gasteiger partial charge in [0, 0.05) is 44.2 Å². The lowest BCUT2D eigenvalue weighted by atomic mass is 9.79. The Labute approximate surface area is 174 Å². The third kappa shape index (κ3) is 3.20. The van der Waals surface area contributed by atoms with E-state index < -0.39 is 11.9 Å². The number of aromatic nitrogens is 6. The molecule has 0 atom stereocenters. The van der Waals surface area contributed by atoms with E-state index >= 15 is 0 Å². The molecular formula is C19H21F3N8O. The van der Waals surface area contributed by atoms with Crippen LogP contribution < -0.4 is 15.4 Å². The number of anilines is 2. The Morgan fingerprint density at radius 1 is 1.16 bits per heavy atom. The predicted octanol–water partition coefficient (Wildman–Crippen LogP) is 1.97. The van der Waals surface area contributed by atoms with Gasteiger partial charge in [-0.3, -0.25) is 14.5 Å². The summed E-state index contributed by atoms with van der Waals surface area (Å²) in [6.45, 7) is 6.43. The molecule has 0 aliphatic carbocycles. The van der Waals surface area contributed by atoms with E-state index in [-0.39, 0.29) is 16.8 Å². The van der Waals surface area contributed by atoms with Crippen molar-refractivity contribution in [1.82, 2.24) is 29.7 Å². The molecule has 0 aromatic carbocycles. The molecule has 1 spiro atoms. The maximum Gasteiger partial charge on any atom is 0.433 e. The van der Waals surface area contributed by atoms with Crippen LogP contribution in [0.25, 0.3) is 11.0 Å². The summed E-state index contributed by atoms with van der Waals surface area (Å²) in [6, 6.07) is 1.01. The normalized spacial score (nSPS) is 18.2. The largest absolute Gasteiger partial charge is 0.433 e. The van der Waals surface area contributed by atoms with Gasteiger partial charge in [-0.1, -0.05) is 0 Å². The van der Waals surface area contributed by atoms with Gasteiger partial charge in [-0.2, -0.15) is 23.3 Å². The third-order valence-corrected chi connectivity index (χ3v) is 6.08. The molecule has 0 bridgehead atoms. The Morgan fingerprint density at radius 3 is 2.61 bits per heavy atom. The van der Waals surface area contributed by atoms with Crippen molar-refractivity contribution in [3.63, 3.8) is 0 Å². The van der Waals surface area contributed by atoms with Crippen LogP contribution in [0, 0.1) is 12.3 Å². The Kier molecular flexibility index (Phi) is 4.25.